The van der Waals surface area contributed by atoms with Gasteiger partial charge in [-0.1, -0.05) is 52.0 Å². The maximum Gasteiger partial charge on any atom is 0.192 e. The van der Waals surface area contributed by atoms with Gasteiger partial charge in [0.1, 0.15) is 0 Å². The molecule has 0 radical (unpaired) electrons. The standard InChI is InChI=1S/C16H32O2Si/c1-8-11-15(14(2)12-9-10-13-17)18-19(6,7)16(3,4)5/h8-11,14-15,17H,12-13H2,1-7H3/b10-9+,11-8-/t14-,15+/m0/s1. The third-order valence-corrected chi connectivity index (χ3v) is 8.43. The van der Waals surface area contributed by atoms with Crippen LogP contribution in [0.1, 0.15) is 41.0 Å². The van der Waals surface area contributed by atoms with E-state index < -0.39 is 8.32 Å². The summed E-state index contributed by atoms with van der Waals surface area (Å²) < 4.78 is 6.49. The quantitative estimate of drug-likeness (QED) is 0.550. The van der Waals surface area contributed by atoms with Crippen molar-refractivity contribution < 1.29 is 9.53 Å². The summed E-state index contributed by atoms with van der Waals surface area (Å²) in [5, 5.41) is 9.02. The van der Waals surface area contributed by atoms with Crippen molar-refractivity contribution in [1.29, 1.82) is 0 Å². The number of hydrogen-bond acceptors (Lipinski definition) is 2. The van der Waals surface area contributed by atoms with Crippen LogP contribution in [0.2, 0.25) is 18.1 Å². The Bertz CT molecular complexity index is 300. The van der Waals surface area contributed by atoms with Gasteiger partial charge >= 0.3 is 0 Å². The highest BCUT2D eigenvalue weighted by molar-refractivity contribution is 6.74. The van der Waals surface area contributed by atoms with Crippen LogP contribution in [-0.2, 0) is 4.43 Å². The van der Waals surface area contributed by atoms with Crippen molar-refractivity contribution >= 4 is 8.32 Å². The highest BCUT2D eigenvalue weighted by Gasteiger charge is 2.39. The van der Waals surface area contributed by atoms with Crippen molar-refractivity contribution in [2.24, 2.45) is 5.92 Å². The van der Waals surface area contributed by atoms with Gasteiger partial charge in [-0.05, 0) is 37.4 Å². The largest absolute Gasteiger partial charge is 0.410 e. The molecule has 0 rings (SSSR count). The second kappa shape index (κ2) is 8.03. The first-order chi connectivity index (χ1) is 8.65. The molecule has 0 saturated carbocycles. The topological polar surface area (TPSA) is 29.5 Å². The Morgan fingerprint density at radius 1 is 1.21 bits per heavy atom. The van der Waals surface area contributed by atoms with Crippen LogP contribution in [0.3, 0.4) is 0 Å². The summed E-state index contributed by atoms with van der Waals surface area (Å²) in [6.07, 6.45) is 9.17. The lowest BCUT2D eigenvalue weighted by Gasteiger charge is -2.40. The van der Waals surface area contributed by atoms with E-state index in [4.69, 9.17) is 9.53 Å². The highest BCUT2D eigenvalue weighted by atomic mass is 28.4. The van der Waals surface area contributed by atoms with Crippen LogP contribution >= 0.6 is 0 Å². The first kappa shape index (κ1) is 18.6. The second-order valence-corrected chi connectivity index (χ2v) is 11.5. The first-order valence-corrected chi connectivity index (χ1v) is 10.1. The van der Waals surface area contributed by atoms with Crippen molar-refractivity contribution in [3.05, 3.63) is 24.3 Å². The maximum absolute atomic E-state index is 8.79. The predicted octanol–water partition coefficient (Wildman–Crippen LogP) is 4.53. The molecule has 0 saturated heterocycles. The average molecular weight is 285 g/mol. The van der Waals surface area contributed by atoms with Gasteiger partial charge in [0.15, 0.2) is 8.32 Å². The fourth-order valence-electron chi connectivity index (χ4n) is 1.57. The monoisotopic (exact) mass is 284 g/mol. The zero-order chi connectivity index (χ0) is 15.1. The molecular weight excluding hydrogens is 252 g/mol. The molecule has 19 heavy (non-hydrogen) atoms. The Kier molecular flexibility index (Phi) is 7.87. The second-order valence-electron chi connectivity index (χ2n) is 6.74. The molecule has 112 valence electrons. The third-order valence-electron chi connectivity index (χ3n) is 3.96. The molecule has 0 fully saturated rings. The Balaban J connectivity index is 4.79. The zero-order valence-corrected chi connectivity index (χ0v) is 14.7. The fourth-order valence-corrected chi connectivity index (χ4v) is 2.92. The van der Waals surface area contributed by atoms with E-state index in [0.717, 1.165) is 6.42 Å². The van der Waals surface area contributed by atoms with E-state index in [1.54, 1.807) is 6.08 Å². The molecule has 1 N–H and O–H groups in total. The van der Waals surface area contributed by atoms with E-state index in [1.165, 1.54) is 0 Å². The van der Waals surface area contributed by atoms with Crippen molar-refractivity contribution in [2.75, 3.05) is 6.61 Å². The molecule has 2 atom stereocenters. The number of aliphatic hydroxyl groups excluding tert-OH is 1. The van der Waals surface area contributed by atoms with Gasteiger partial charge in [-0.25, -0.2) is 0 Å². The number of aliphatic hydroxyl groups is 1. The Labute approximate surface area is 120 Å². The lowest BCUT2D eigenvalue weighted by atomic mass is 10.0. The lowest BCUT2D eigenvalue weighted by molar-refractivity contribution is 0.169. The van der Waals surface area contributed by atoms with Crippen molar-refractivity contribution in [2.45, 2.75) is 65.3 Å². The average Bonchev–Trinajstić information content (AvgIpc) is 2.27. The molecule has 0 aromatic heterocycles. The zero-order valence-electron chi connectivity index (χ0n) is 13.7. The van der Waals surface area contributed by atoms with E-state index in [1.807, 2.05) is 13.0 Å². The van der Waals surface area contributed by atoms with Crippen molar-refractivity contribution in [3.8, 4) is 0 Å². The Morgan fingerprint density at radius 2 is 1.79 bits per heavy atom. The van der Waals surface area contributed by atoms with Crippen LogP contribution < -0.4 is 0 Å². The number of allylic oxidation sites excluding steroid dienone is 2. The predicted molar refractivity (Wildman–Crippen MR) is 86.9 cm³/mol. The molecule has 3 heteroatoms. The van der Waals surface area contributed by atoms with Gasteiger partial charge in [-0.2, -0.15) is 0 Å². The molecule has 0 aromatic carbocycles. The molecule has 0 aliphatic heterocycles. The molecule has 0 amide bonds. The molecule has 0 bridgehead atoms. The van der Waals surface area contributed by atoms with Crippen LogP contribution in [0.4, 0.5) is 0 Å². The molecular formula is C16H32O2Si. The number of rotatable bonds is 7. The normalized spacial score (nSPS) is 17.3. The molecule has 0 aliphatic carbocycles. The molecule has 0 aromatic rings. The Hall–Kier alpha value is -0.383. The van der Waals surface area contributed by atoms with Gasteiger partial charge in [0.2, 0.25) is 0 Å². The van der Waals surface area contributed by atoms with Gasteiger partial charge < -0.3 is 9.53 Å². The summed E-state index contributed by atoms with van der Waals surface area (Å²) in [6, 6.07) is 0. The summed E-state index contributed by atoms with van der Waals surface area (Å²) in [4.78, 5) is 0. The fraction of sp³-hybridized carbons (Fsp3) is 0.750. The van der Waals surface area contributed by atoms with Gasteiger partial charge in [-0.3, -0.25) is 0 Å². The number of hydrogen-bond donors (Lipinski definition) is 1. The van der Waals surface area contributed by atoms with Gasteiger partial charge in [0, 0.05) is 0 Å². The van der Waals surface area contributed by atoms with Crippen molar-refractivity contribution in [3.63, 3.8) is 0 Å². The summed E-state index contributed by atoms with van der Waals surface area (Å²) in [5.74, 6) is 0.424. The van der Waals surface area contributed by atoms with Crippen LogP contribution in [0.25, 0.3) is 0 Å². The summed E-state index contributed by atoms with van der Waals surface area (Å²) in [7, 11) is -1.74. The van der Waals surface area contributed by atoms with Crippen LogP contribution in [0.5, 0.6) is 0 Å². The SMILES string of the molecule is C/C=C\[C@@H](O[Si](C)(C)C(C)(C)C)[C@@H](C)C/C=C/CO. The first-order valence-electron chi connectivity index (χ1n) is 7.22. The third kappa shape index (κ3) is 6.55. The van der Waals surface area contributed by atoms with Gasteiger partial charge in [-0.15, -0.1) is 0 Å². The molecule has 0 heterocycles. The minimum atomic E-state index is -1.74. The van der Waals surface area contributed by atoms with Crippen LogP contribution in [0.15, 0.2) is 24.3 Å². The van der Waals surface area contributed by atoms with E-state index in [2.05, 4.69) is 52.9 Å². The smallest absolute Gasteiger partial charge is 0.192 e. The van der Waals surface area contributed by atoms with Crippen molar-refractivity contribution in [1.82, 2.24) is 0 Å². The van der Waals surface area contributed by atoms with E-state index in [-0.39, 0.29) is 17.7 Å². The molecule has 0 aliphatic rings. The van der Waals surface area contributed by atoms with Crippen LogP contribution in [-0.4, -0.2) is 26.1 Å². The summed E-state index contributed by atoms with van der Waals surface area (Å²) >= 11 is 0. The Morgan fingerprint density at radius 3 is 2.21 bits per heavy atom. The van der Waals surface area contributed by atoms with Crippen LogP contribution in [0, 0.1) is 5.92 Å². The van der Waals surface area contributed by atoms with Gasteiger partial charge in [0.05, 0.1) is 12.7 Å². The summed E-state index contributed by atoms with van der Waals surface area (Å²) in [5.41, 5.74) is 0. The maximum atomic E-state index is 8.79. The van der Waals surface area contributed by atoms with E-state index in [0.29, 0.717) is 5.92 Å². The van der Waals surface area contributed by atoms with E-state index in [9.17, 15) is 0 Å². The molecule has 0 unspecified atom stereocenters. The molecule has 0 spiro atoms. The van der Waals surface area contributed by atoms with Gasteiger partial charge in [0.25, 0.3) is 0 Å². The van der Waals surface area contributed by atoms with E-state index >= 15 is 0 Å². The molecule has 2 nitrogen and oxygen atoms in total. The lowest BCUT2D eigenvalue weighted by Crippen LogP contribution is -2.45. The highest BCUT2D eigenvalue weighted by Crippen LogP contribution is 2.38. The minimum absolute atomic E-state index is 0.115. The summed E-state index contributed by atoms with van der Waals surface area (Å²) in [6.45, 7) is 15.7. The minimum Gasteiger partial charge on any atom is -0.410 e.